The van der Waals surface area contributed by atoms with Gasteiger partial charge in [-0.3, -0.25) is 10.1 Å². The van der Waals surface area contributed by atoms with Crippen LogP contribution in [0.25, 0.3) is 0 Å². The molecule has 0 unspecified atom stereocenters. The molecule has 0 aliphatic heterocycles. The van der Waals surface area contributed by atoms with Crippen LogP contribution in [0.3, 0.4) is 0 Å². The van der Waals surface area contributed by atoms with Crippen molar-refractivity contribution in [3.8, 4) is 11.5 Å². The van der Waals surface area contributed by atoms with Gasteiger partial charge >= 0.3 is 0 Å². The molecule has 6 nitrogen and oxygen atoms in total. The first-order valence-corrected chi connectivity index (χ1v) is 5.43. The molecule has 0 heterocycles. The second kappa shape index (κ2) is 6.02. The number of non-ortho nitro benzene ring substituents is 1. The van der Waals surface area contributed by atoms with E-state index in [2.05, 4.69) is 6.58 Å². The Balaban J connectivity index is 3.19. The van der Waals surface area contributed by atoms with E-state index >= 15 is 0 Å². The number of benzene rings is 1. The number of rotatable bonds is 6. The first kappa shape index (κ1) is 14.0. The van der Waals surface area contributed by atoms with Gasteiger partial charge in [0.2, 0.25) is 0 Å². The standard InChI is InChI=1S/C12H16N2O4/c1-3-4-5-10(13)9-6-8(14(16)17)7-11(18-2)12(9)15/h3,6-7,10,15H,1,4-5,13H2,2H3/t10-/m1/s1. The molecule has 0 fully saturated rings. The number of nitrogens with two attached hydrogens (primary N) is 1. The lowest BCUT2D eigenvalue weighted by Crippen LogP contribution is -2.11. The first-order valence-electron chi connectivity index (χ1n) is 5.43. The van der Waals surface area contributed by atoms with Crippen LogP contribution < -0.4 is 10.5 Å². The first-order chi connectivity index (χ1) is 8.51. The number of aromatic hydroxyl groups is 1. The quantitative estimate of drug-likeness (QED) is 0.459. The predicted octanol–water partition coefficient (Wildman–Crippen LogP) is 2.28. The van der Waals surface area contributed by atoms with Crippen molar-refractivity contribution in [1.82, 2.24) is 0 Å². The van der Waals surface area contributed by atoms with Crippen LogP contribution in [-0.4, -0.2) is 17.1 Å². The Labute approximate surface area is 105 Å². The maximum Gasteiger partial charge on any atom is 0.273 e. The van der Waals surface area contributed by atoms with Crippen LogP contribution in [0.5, 0.6) is 11.5 Å². The fraction of sp³-hybridized carbons (Fsp3) is 0.333. The lowest BCUT2D eigenvalue weighted by molar-refractivity contribution is -0.385. The van der Waals surface area contributed by atoms with E-state index in [9.17, 15) is 15.2 Å². The van der Waals surface area contributed by atoms with E-state index in [0.717, 1.165) is 0 Å². The monoisotopic (exact) mass is 252 g/mol. The summed E-state index contributed by atoms with van der Waals surface area (Å²) < 4.78 is 4.90. The van der Waals surface area contributed by atoms with E-state index < -0.39 is 11.0 Å². The maximum atomic E-state index is 10.8. The molecule has 0 bridgehead atoms. The number of allylic oxidation sites excluding steroid dienone is 1. The van der Waals surface area contributed by atoms with Gasteiger partial charge in [-0.05, 0) is 12.8 Å². The van der Waals surface area contributed by atoms with Crippen molar-refractivity contribution in [2.45, 2.75) is 18.9 Å². The molecule has 0 aliphatic carbocycles. The van der Waals surface area contributed by atoms with Crippen LogP contribution >= 0.6 is 0 Å². The van der Waals surface area contributed by atoms with Gasteiger partial charge in [0, 0.05) is 17.7 Å². The molecule has 98 valence electrons. The summed E-state index contributed by atoms with van der Waals surface area (Å²) in [4.78, 5) is 10.2. The normalized spacial score (nSPS) is 11.9. The van der Waals surface area contributed by atoms with Crippen molar-refractivity contribution in [2.24, 2.45) is 5.73 Å². The zero-order chi connectivity index (χ0) is 13.7. The third kappa shape index (κ3) is 2.98. The van der Waals surface area contributed by atoms with Crippen molar-refractivity contribution in [2.75, 3.05) is 7.11 Å². The molecule has 18 heavy (non-hydrogen) atoms. The van der Waals surface area contributed by atoms with Crippen LogP contribution in [-0.2, 0) is 0 Å². The topological polar surface area (TPSA) is 98.6 Å². The molecule has 0 aromatic heterocycles. The van der Waals surface area contributed by atoms with E-state index in [4.69, 9.17) is 10.5 Å². The molecular formula is C12H16N2O4. The zero-order valence-electron chi connectivity index (χ0n) is 10.1. The SMILES string of the molecule is C=CCC[C@@H](N)c1cc([N+](=O)[O-])cc(OC)c1O. The molecule has 1 atom stereocenters. The minimum absolute atomic E-state index is 0.0493. The van der Waals surface area contributed by atoms with Crippen LogP contribution in [0, 0.1) is 10.1 Å². The molecule has 0 radical (unpaired) electrons. The average Bonchev–Trinajstić information content (AvgIpc) is 2.35. The summed E-state index contributed by atoms with van der Waals surface area (Å²) in [7, 11) is 1.33. The van der Waals surface area contributed by atoms with Crippen molar-refractivity contribution in [3.63, 3.8) is 0 Å². The molecule has 1 rings (SSSR count). The predicted molar refractivity (Wildman–Crippen MR) is 67.7 cm³/mol. The Morgan fingerprint density at radius 1 is 1.67 bits per heavy atom. The maximum absolute atomic E-state index is 10.8. The summed E-state index contributed by atoms with van der Waals surface area (Å²) >= 11 is 0. The number of phenolic OH excluding ortho intramolecular Hbond substituents is 1. The summed E-state index contributed by atoms with van der Waals surface area (Å²) in [5.74, 6) is -0.104. The van der Waals surface area contributed by atoms with Crippen LogP contribution in [0.2, 0.25) is 0 Å². The molecule has 0 saturated heterocycles. The van der Waals surface area contributed by atoms with Gasteiger partial charge in [-0.15, -0.1) is 6.58 Å². The lowest BCUT2D eigenvalue weighted by Gasteiger charge is -2.14. The molecule has 0 spiro atoms. The van der Waals surface area contributed by atoms with Crippen molar-refractivity contribution >= 4 is 5.69 Å². The van der Waals surface area contributed by atoms with E-state index in [0.29, 0.717) is 18.4 Å². The van der Waals surface area contributed by atoms with Gasteiger partial charge in [0.05, 0.1) is 18.1 Å². The minimum Gasteiger partial charge on any atom is -0.504 e. The Hall–Kier alpha value is -2.08. The Morgan fingerprint density at radius 3 is 2.83 bits per heavy atom. The highest BCUT2D eigenvalue weighted by Gasteiger charge is 2.20. The molecule has 0 saturated carbocycles. The van der Waals surface area contributed by atoms with E-state index in [1.54, 1.807) is 6.08 Å². The van der Waals surface area contributed by atoms with E-state index in [1.165, 1.54) is 19.2 Å². The number of methoxy groups -OCH3 is 1. The smallest absolute Gasteiger partial charge is 0.273 e. The summed E-state index contributed by atoms with van der Waals surface area (Å²) in [6.07, 6.45) is 2.90. The second-order valence-electron chi connectivity index (χ2n) is 3.82. The van der Waals surface area contributed by atoms with Gasteiger partial charge in [-0.25, -0.2) is 0 Å². The van der Waals surface area contributed by atoms with Crippen molar-refractivity contribution < 1.29 is 14.8 Å². The van der Waals surface area contributed by atoms with Crippen molar-refractivity contribution in [3.05, 3.63) is 40.5 Å². The third-order valence-corrected chi connectivity index (χ3v) is 2.60. The number of nitro benzene ring substituents is 1. The van der Waals surface area contributed by atoms with Gasteiger partial charge in [-0.2, -0.15) is 0 Å². The third-order valence-electron chi connectivity index (χ3n) is 2.60. The number of nitro groups is 1. The van der Waals surface area contributed by atoms with Crippen LogP contribution in [0.1, 0.15) is 24.4 Å². The lowest BCUT2D eigenvalue weighted by atomic mass is 10.0. The van der Waals surface area contributed by atoms with E-state index in [1.807, 2.05) is 0 Å². The minimum atomic E-state index is -0.550. The van der Waals surface area contributed by atoms with Gasteiger partial charge in [0.1, 0.15) is 0 Å². The van der Waals surface area contributed by atoms with Gasteiger partial charge < -0.3 is 15.6 Å². The Morgan fingerprint density at radius 2 is 2.33 bits per heavy atom. The molecule has 6 heteroatoms. The molecule has 0 amide bonds. The van der Waals surface area contributed by atoms with Crippen molar-refractivity contribution in [1.29, 1.82) is 0 Å². The number of phenols is 1. The fourth-order valence-electron chi connectivity index (χ4n) is 1.61. The summed E-state index contributed by atoms with van der Waals surface area (Å²) in [6.45, 7) is 3.58. The summed E-state index contributed by atoms with van der Waals surface area (Å²) in [5.41, 5.74) is 6.04. The average molecular weight is 252 g/mol. The molecule has 1 aromatic carbocycles. The van der Waals surface area contributed by atoms with Crippen LogP contribution in [0.15, 0.2) is 24.8 Å². The van der Waals surface area contributed by atoms with Gasteiger partial charge in [0.15, 0.2) is 11.5 Å². The fourth-order valence-corrected chi connectivity index (χ4v) is 1.61. The Kier molecular flexibility index (Phi) is 4.67. The zero-order valence-corrected chi connectivity index (χ0v) is 10.1. The van der Waals surface area contributed by atoms with Crippen LogP contribution in [0.4, 0.5) is 5.69 Å². The molecule has 0 aliphatic rings. The number of ether oxygens (including phenoxy) is 1. The highest BCUT2D eigenvalue weighted by molar-refractivity contribution is 5.54. The number of nitrogens with zero attached hydrogens (tertiary/aromatic N) is 1. The summed E-state index contributed by atoms with van der Waals surface area (Å²) in [5, 5.41) is 20.7. The number of hydrogen-bond donors (Lipinski definition) is 2. The second-order valence-corrected chi connectivity index (χ2v) is 3.82. The largest absolute Gasteiger partial charge is 0.504 e. The van der Waals surface area contributed by atoms with E-state index in [-0.39, 0.29) is 17.2 Å². The Bertz CT molecular complexity index is 460. The molecule has 3 N–H and O–H groups in total. The van der Waals surface area contributed by atoms with Gasteiger partial charge in [0.25, 0.3) is 5.69 Å². The highest BCUT2D eigenvalue weighted by atomic mass is 16.6. The summed E-state index contributed by atoms with van der Waals surface area (Å²) in [6, 6.07) is 1.93. The van der Waals surface area contributed by atoms with Gasteiger partial charge in [-0.1, -0.05) is 6.08 Å². The molecular weight excluding hydrogens is 236 g/mol. The molecule has 1 aromatic rings. The highest BCUT2D eigenvalue weighted by Crippen LogP contribution is 2.38. The number of hydrogen-bond acceptors (Lipinski definition) is 5.